The molecular weight excluding hydrogens is 393 g/mol. The molecule has 0 radical (unpaired) electrons. The lowest BCUT2D eigenvalue weighted by atomic mass is 10.2. The first kappa shape index (κ1) is 19.1. The highest BCUT2D eigenvalue weighted by Gasteiger charge is 2.32. The molecule has 5 nitrogen and oxygen atoms in total. The van der Waals surface area contributed by atoms with Crippen LogP contribution in [0.1, 0.15) is 21.4 Å². The van der Waals surface area contributed by atoms with Crippen LogP contribution in [0.15, 0.2) is 76.2 Å². The Kier molecular flexibility index (Phi) is 5.62. The van der Waals surface area contributed by atoms with Crippen LogP contribution in [0.2, 0.25) is 5.02 Å². The predicted octanol–water partition coefficient (Wildman–Crippen LogP) is 4.02. The lowest BCUT2D eigenvalue weighted by molar-refractivity contribution is 0.0949. The highest BCUT2D eigenvalue weighted by atomic mass is 35.5. The number of carbonyl (C=O) groups is 1. The number of sulfone groups is 1. The predicted molar refractivity (Wildman–Crippen MR) is 98.8 cm³/mol. The van der Waals surface area contributed by atoms with Gasteiger partial charge in [-0.2, -0.15) is 0 Å². The summed E-state index contributed by atoms with van der Waals surface area (Å²) in [4.78, 5) is 12.3. The van der Waals surface area contributed by atoms with Crippen LogP contribution in [0.25, 0.3) is 0 Å². The standard InChI is InChI=1S/C19H15ClFNO4S/c20-13-7-9-14(10-8-13)27(24,25)18(17-6-3-11-26-17)12-22-19(23)15-4-1-2-5-16(15)21/h1-11,18H,12H2,(H,22,23)/t18-/m0/s1. The fourth-order valence-corrected chi connectivity index (χ4v) is 4.26. The summed E-state index contributed by atoms with van der Waals surface area (Å²) in [5.74, 6) is -1.24. The van der Waals surface area contributed by atoms with E-state index in [4.69, 9.17) is 16.0 Å². The largest absolute Gasteiger partial charge is 0.468 e. The van der Waals surface area contributed by atoms with Crippen molar-refractivity contribution in [3.05, 3.63) is 89.1 Å². The van der Waals surface area contributed by atoms with Crippen molar-refractivity contribution in [1.82, 2.24) is 5.32 Å². The zero-order valence-corrected chi connectivity index (χ0v) is 15.5. The second-order valence-electron chi connectivity index (χ2n) is 5.69. The van der Waals surface area contributed by atoms with Crippen LogP contribution in [0.4, 0.5) is 4.39 Å². The van der Waals surface area contributed by atoms with Crippen molar-refractivity contribution < 1.29 is 22.0 Å². The van der Waals surface area contributed by atoms with Crippen LogP contribution in [0, 0.1) is 5.82 Å². The molecule has 1 atom stereocenters. The minimum absolute atomic E-state index is 0.0356. The van der Waals surface area contributed by atoms with E-state index in [9.17, 15) is 17.6 Å². The number of furan rings is 1. The highest BCUT2D eigenvalue weighted by molar-refractivity contribution is 7.91. The summed E-state index contributed by atoms with van der Waals surface area (Å²) >= 11 is 5.82. The molecule has 0 fully saturated rings. The van der Waals surface area contributed by atoms with Gasteiger partial charge in [0, 0.05) is 11.6 Å². The summed E-state index contributed by atoms with van der Waals surface area (Å²) < 4.78 is 45.1. The molecule has 0 saturated carbocycles. The van der Waals surface area contributed by atoms with Gasteiger partial charge in [-0.25, -0.2) is 12.8 Å². The van der Waals surface area contributed by atoms with Gasteiger partial charge >= 0.3 is 0 Å². The molecule has 0 bridgehead atoms. The van der Waals surface area contributed by atoms with Crippen molar-refractivity contribution in [2.24, 2.45) is 0 Å². The number of carbonyl (C=O) groups excluding carboxylic acids is 1. The van der Waals surface area contributed by atoms with Crippen LogP contribution < -0.4 is 5.32 Å². The van der Waals surface area contributed by atoms with Crippen molar-refractivity contribution >= 4 is 27.3 Å². The van der Waals surface area contributed by atoms with E-state index in [0.717, 1.165) is 6.07 Å². The Bertz CT molecular complexity index is 1030. The molecule has 140 valence electrons. The first-order chi connectivity index (χ1) is 12.9. The zero-order valence-electron chi connectivity index (χ0n) is 13.9. The third-order valence-electron chi connectivity index (χ3n) is 3.94. The number of benzene rings is 2. The monoisotopic (exact) mass is 407 g/mol. The van der Waals surface area contributed by atoms with E-state index in [0.29, 0.717) is 5.02 Å². The van der Waals surface area contributed by atoms with E-state index < -0.39 is 26.8 Å². The second-order valence-corrected chi connectivity index (χ2v) is 8.26. The first-order valence-electron chi connectivity index (χ1n) is 7.95. The van der Waals surface area contributed by atoms with Gasteiger partial charge in [0.05, 0.1) is 16.7 Å². The van der Waals surface area contributed by atoms with Crippen LogP contribution in [0.3, 0.4) is 0 Å². The SMILES string of the molecule is O=C(NC[C@@H](c1ccco1)S(=O)(=O)c1ccc(Cl)cc1)c1ccccc1F. The molecule has 0 saturated heterocycles. The number of halogens is 2. The van der Waals surface area contributed by atoms with Gasteiger partial charge in [0.25, 0.3) is 5.91 Å². The van der Waals surface area contributed by atoms with Crippen LogP contribution in [0.5, 0.6) is 0 Å². The van der Waals surface area contributed by atoms with E-state index in [1.165, 1.54) is 54.8 Å². The van der Waals surface area contributed by atoms with Crippen molar-refractivity contribution in [2.75, 3.05) is 6.54 Å². The quantitative estimate of drug-likeness (QED) is 0.669. The molecule has 27 heavy (non-hydrogen) atoms. The van der Waals surface area contributed by atoms with Gasteiger partial charge in [0.2, 0.25) is 0 Å². The Morgan fingerprint density at radius 1 is 1.07 bits per heavy atom. The average Bonchev–Trinajstić information content (AvgIpc) is 3.16. The Labute approximate surface area is 160 Å². The summed E-state index contributed by atoms with van der Waals surface area (Å²) in [5.41, 5.74) is -0.167. The van der Waals surface area contributed by atoms with Crippen molar-refractivity contribution in [3.8, 4) is 0 Å². The fourth-order valence-electron chi connectivity index (χ4n) is 2.55. The number of hydrogen-bond donors (Lipinski definition) is 1. The molecule has 0 aliphatic rings. The lowest BCUT2D eigenvalue weighted by Crippen LogP contribution is -2.32. The van der Waals surface area contributed by atoms with E-state index >= 15 is 0 Å². The van der Waals surface area contributed by atoms with Gasteiger partial charge < -0.3 is 9.73 Å². The minimum atomic E-state index is -3.89. The Morgan fingerprint density at radius 2 is 1.78 bits per heavy atom. The second kappa shape index (κ2) is 7.94. The minimum Gasteiger partial charge on any atom is -0.468 e. The van der Waals surface area contributed by atoms with Gasteiger partial charge in [0.15, 0.2) is 9.84 Å². The topological polar surface area (TPSA) is 76.4 Å². The van der Waals surface area contributed by atoms with E-state index in [2.05, 4.69) is 5.32 Å². The lowest BCUT2D eigenvalue weighted by Gasteiger charge is -2.17. The average molecular weight is 408 g/mol. The summed E-state index contributed by atoms with van der Waals surface area (Å²) in [7, 11) is -3.89. The number of hydrogen-bond acceptors (Lipinski definition) is 4. The molecule has 3 aromatic rings. The summed E-state index contributed by atoms with van der Waals surface area (Å²) in [6, 6.07) is 14.2. The summed E-state index contributed by atoms with van der Waals surface area (Å²) in [5, 5.41) is 1.69. The van der Waals surface area contributed by atoms with Gasteiger partial charge in [-0.3, -0.25) is 4.79 Å². The molecule has 0 spiro atoms. The molecule has 1 aromatic heterocycles. The molecule has 0 aliphatic carbocycles. The molecule has 0 unspecified atom stereocenters. The van der Waals surface area contributed by atoms with Crippen molar-refractivity contribution in [3.63, 3.8) is 0 Å². The number of amides is 1. The van der Waals surface area contributed by atoms with E-state index in [1.54, 1.807) is 6.07 Å². The maximum atomic E-state index is 13.8. The molecule has 0 aliphatic heterocycles. The Balaban J connectivity index is 1.88. The fraction of sp³-hybridized carbons (Fsp3) is 0.105. The van der Waals surface area contributed by atoms with Gasteiger partial charge in [-0.15, -0.1) is 0 Å². The molecule has 1 amide bonds. The maximum absolute atomic E-state index is 13.8. The molecule has 2 aromatic carbocycles. The van der Waals surface area contributed by atoms with Gasteiger partial charge in [-0.05, 0) is 48.5 Å². The Hall–Kier alpha value is -2.64. The van der Waals surface area contributed by atoms with Crippen molar-refractivity contribution in [1.29, 1.82) is 0 Å². The smallest absolute Gasteiger partial charge is 0.254 e. The number of rotatable bonds is 6. The zero-order chi connectivity index (χ0) is 19.4. The van der Waals surface area contributed by atoms with Gasteiger partial charge in [-0.1, -0.05) is 23.7 Å². The first-order valence-corrected chi connectivity index (χ1v) is 9.87. The van der Waals surface area contributed by atoms with E-state index in [1.807, 2.05) is 0 Å². The molecular formula is C19H15ClFNO4S. The van der Waals surface area contributed by atoms with Crippen LogP contribution >= 0.6 is 11.6 Å². The third-order valence-corrected chi connectivity index (χ3v) is 6.27. The maximum Gasteiger partial charge on any atom is 0.254 e. The van der Waals surface area contributed by atoms with Crippen molar-refractivity contribution in [2.45, 2.75) is 10.1 Å². The normalized spacial score (nSPS) is 12.5. The highest BCUT2D eigenvalue weighted by Crippen LogP contribution is 2.29. The summed E-state index contributed by atoms with van der Waals surface area (Å²) in [6.45, 7) is -0.286. The molecule has 8 heteroatoms. The van der Waals surface area contributed by atoms with Gasteiger partial charge in [0.1, 0.15) is 16.8 Å². The summed E-state index contributed by atoms with van der Waals surface area (Å²) in [6.07, 6.45) is 1.35. The molecule has 1 N–H and O–H groups in total. The number of nitrogens with one attached hydrogen (secondary N) is 1. The van der Waals surface area contributed by atoms with Crippen LogP contribution in [-0.2, 0) is 9.84 Å². The third kappa shape index (κ3) is 4.20. The molecule has 3 rings (SSSR count). The Morgan fingerprint density at radius 3 is 2.41 bits per heavy atom. The van der Waals surface area contributed by atoms with Crippen LogP contribution in [-0.4, -0.2) is 20.9 Å². The van der Waals surface area contributed by atoms with E-state index in [-0.39, 0.29) is 22.8 Å². The molecule has 1 heterocycles.